The summed E-state index contributed by atoms with van der Waals surface area (Å²) in [6, 6.07) is 0. The van der Waals surface area contributed by atoms with Crippen molar-refractivity contribution in [2.45, 2.75) is 26.4 Å². The number of hydrogen-bond donors (Lipinski definition) is 0. The molecule has 0 spiro atoms. The van der Waals surface area contributed by atoms with Crippen molar-refractivity contribution < 1.29 is 4.74 Å². The molecule has 0 bridgehead atoms. The van der Waals surface area contributed by atoms with Crippen LogP contribution in [0.1, 0.15) is 18.4 Å². The molecule has 0 fully saturated rings. The Bertz CT molecular complexity index is 310. The molecule has 1 aromatic heterocycles. The van der Waals surface area contributed by atoms with Crippen molar-refractivity contribution in [3.8, 4) is 0 Å². The molecular weight excluding hydrogens is 314 g/mol. The van der Waals surface area contributed by atoms with Gasteiger partial charge in [-0.2, -0.15) is 0 Å². The molecule has 0 amide bonds. The van der Waals surface area contributed by atoms with Crippen LogP contribution in [0.2, 0.25) is 5.15 Å². The van der Waals surface area contributed by atoms with E-state index in [1.54, 1.807) is 7.11 Å². The van der Waals surface area contributed by atoms with Gasteiger partial charge < -0.3 is 4.74 Å². The third-order valence-electron chi connectivity index (χ3n) is 1.90. The highest BCUT2D eigenvalue weighted by molar-refractivity contribution is 14.1. The van der Waals surface area contributed by atoms with Crippen molar-refractivity contribution in [3.63, 3.8) is 0 Å². The Kier molecular flexibility index (Phi) is 4.53. The van der Waals surface area contributed by atoms with Crippen LogP contribution in [-0.2, 0) is 11.2 Å². The highest BCUT2D eigenvalue weighted by Gasteiger charge is 2.09. The zero-order chi connectivity index (χ0) is 10.7. The van der Waals surface area contributed by atoms with Gasteiger partial charge in [0.25, 0.3) is 0 Å². The molecule has 0 aliphatic carbocycles. The van der Waals surface area contributed by atoms with Gasteiger partial charge in [0.15, 0.2) is 0 Å². The summed E-state index contributed by atoms with van der Waals surface area (Å²) in [5.41, 5.74) is 0.920. The number of ether oxygens (including phenoxy) is 1. The van der Waals surface area contributed by atoms with E-state index in [4.69, 9.17) is 16.3 Å². The molecule has 1 heterocycles. The molecule has 14 heavy (non-hydrogen) atoms. The molecule has 5 heteroatoms. The van der Waals surface area contributed by atoms with Crippen LogP contribution in [0.4, 0.5) is 0 Å². The molecule has 0 saturated carbocycles. The molecule has 1 atom stereocenters. The van der Waals surface area contributed by atoms with E-state index in [-0.39, 0.29) is 6.10 Å². The van der Waals surface area contributed by atoms with Gasteiger partial charge in [-0.3, -0.25) is 0 Å². The van der Waals surface area contributed by atoms with Gasteiger partial charge in [-0.1, -0.05) is 11.6 Å². The minimum absolute atomic E-state index is 0.116. The van der Waals surface area contributed by atoms with Crippen molar-refractivity contribution in [2.24, 2.45) is 0 Å². The molecule has 0 aliphatic rings. The number of nitrogens with zero attached hydrogens (tertiary/aromatic N) is 2. The molecule has 0 N–H and O–H groups in total. The lowest BCUT2D eigenvalue weighted by atomic mass is 10.2. The Labute approximate surface area is 102 Å². The standard InChI is InChI=1S/C9H12ClIN2O/c1-5(14-3)4-7-12-6(2)8(11)9(10)13-7/h5H,4H2,1-3H3. The summed E-state index contributed by atoms with van der Waals surface area (Å²) in [6.45, 7) is 3.90. The summed E-state index contributed by atoms with van der Waals surface area (Å²) in [5.74, 6) is 0.738. The lowest BCUT2D eigenvalue weighted by molar-refractivity contribution is 0.117. The van der Waals surface area contributed by atoms with E-state index < -0.39 is 0 Å². The number of hydrogen-bond acceptors (Lipinski definition) is 3. The summed E-state index contributed by atoms with van der Waals surface area (Å²) in [7, 11) is 1.67. The smallest absolute Gasteiger partial charge is 0.146 e. The molecule has 1 rings (SSSR count). The van der Waals surface area contributed by atoms with Gasteiger partial charge in [0, 0.05) is 13.5 Å². The van der Waals surface area contributed by atoms with Crippen LogP contribution in [0.15, 0.2) is 0 Å². The number of halogens is 2. The van der Waals surface area contributed by atoms with Crippen LogP contribution in [0, 0.1) is 10.5 Å². The van der Waals surface area contributed by atoms with Gasteiger partial charge in [-0.25, -0.2) is 9.97 Å². The van der Waals surface area contributed by atoms with Gasteiger partial charge in [0.2, 0.25) is 0 Å². The van der Waals surface area contributed by atoms with Gasteiger partial charge in [0.1, 0.15) is 11.0 Å². The Balaban J connectivity index is 2.89. The fourth-order valence-electron chi connectivity index (χ4n) is 1.01. The average Bonchev–Trinajstić information content (AvgIpc) is 2.14. The first kappa shape index (κ1) is 12.1. The fourth-order valence-corrected chi connectivity index (χ4v) is 1.49. The highest BCUT2D eigenvalue weighted by Crippen LogP contribution is 2.18. The Morgan fingerprint density at radius 3 is 2.64 bits per heavy atom. The fraction of sp³-hybridized carbons (Fsp3) is 0.556. The average molecular weight is 327 g/mol. The number of rotatable bonds is 3. The predicted molar refractivity (Wildman–Crippen MR) is 64.7 cm³/mol. The lowest BCUT2D eigenvalue weighted by Crippen LogP contribution is -2.12. The highest BCUT2D eigenvalue weighted by atomic mass is 127. The third-order valence-corrected chi connectivity index (χ3v) is 3.78. The molecule has 0 aromatic carbocycles. The van der Waals surface area contributed by atoms with E-state index in [0.29, 0.717) is 11.6 Å². The number of aryl methyl sites for hydroxylation is 1. The molecule has 0 radical (unpaired) electrons. The van der Waals surface area contributed by atoms with E-state index in [1.807, 2.05) is 13.8 Å². The Morgan fingerprint density at radius 1 is 1.50 bits per heavy atom. The maximum absolute atomic E-state index is 5.95. The maximum atomic E-state index is 5.95. The van der Waals surface area contributed by atoms with Gasteiger partial charge in [-0.15, -0.1) is 0 Å². The van der Waals surface area contributed by atoms with Crippen LogP contribution in [0.25, 0.3) is 0 Å². The first-order valence-corrected chi connectivity index (χ1v) is 5.71. The van der Waals surface area contributed by atoms with Crippen LogP contribution in [-0.4, -0.2) is 23.2 Å². The van der Waals surface area contributed by atoms with Crippen LogP contribution < -0.4 is 0 Å². The SMILES string of the molecule is COC(C)Cc1nc(C)c(I)c(Cl)n1. The van der Waals surface area contributed by atoms with Crippen LogP contribution >= 0.6 is 34.2 Å². The zero-order valence-corrected chi connectivity index (χ0v) is 11.3. The molecule has 3 nitrogen and oxygen atoms in total. The number of methoxy groups -OCH3 is 1. The van der Waals surface area contributed by atoms with Crippen molar-refractivity contribution >= 4 is 34.2 Å². The normalized spacial score (nSPS) is 12.9. The maximum Gasteiger partial charge on any atom is 0.146 e. The summed E-state index contributed by atoms with van der Waals surface area (Å²) in [4.78, 5) is 8.53. The van der Waals surface area contributed by atoms with Crippen molar-refractivity contribution in [2.75, 3.05) is 7.11 Å². The van der Waals surface area contributed by atoms with Crippen LogP contribution in [0.3, 0.4) is 0 Å². The quantitative estimate of drug-likeness (QED) is 0.633. The van der Waals surface area contributed by atoms with Crippen molar-refractivity contribution in [1.82, 2.24) is 9.97 Å². The summed E-state index contributed by atoms with van der Waals surface area (Å²) < 4.78 is 6.05. The lowest BCUT2D eigenvalue weighted by Gasteiger charge is -2.09. The predicted octanol–water partition coefficient (Wildman–Crippen LogP) is 2.62. The molecule has 1 aromatic rings. The van der Waals surface area contributed by atoms with E-state index in [0.717, 1.165) is 15.1 Å². The van der Waals surface area contributed by atoms with E-state index in [1.165, 1.54) is 0 Å². The third kappa shape index (κ3) is 3.03. The first-order chi connectivity index (χ1) is 6.54. The minimum atomic E-state index is 0.116. The first-order valence-electron chi connectivity index (χ1n) is 4.26. The minimum Gasteiger partial charge on any atom is -0.381 e. The summed E-state index contributed by atoms with van der Waals surface area (Å²) in [5, 5.41) is 0.524. The second-order valence-corrected chi connectivity index (χ2v) is 4.52. The summed E-state index contributed by atoms with van der Waals surface area (Å²) in [6.07, 6.45) is 0.805. The van der Waals surface area contributed by atoms with Gasteiger partial charge in [-0.05, 0) is 36.4 Å². The second-order valence-electron chi connectivity index (χ2n) is 3.08. The topological polar surface area (TPSA) is 35.0 Å². The second kappa shape index (κ2) is 5.23. The summed E-state index contributed by atoms with van der Waals surface area (Å²) >= 11 is 8.09. The van der Waals surface area contributed by atoms with Crippen LogP contribution in [0.5, 0.6) is 0 Å². The van der Waals surface area contributed by atoms with Gasteiger partial charge >= 0.3 is 0 Å². The number of aromatic nitrogens is 2. The molecule has 78 valence electrons. The monoisotopic (exact) mass is 326 g/mol. The van der Waals surface area contributed by atoms with Gasteiger partial charge in [0.05, 0.1) is 15.4 Å². The largest absolute Gasteiger partial charge is 0.381 e. The zero-order valence-electron chi connectivity index (χ0n) is 8.34. The van der Waals surface area contributed by atoms with E-state index >= 15 is 0 Å². The van der Waals surface area contributed by atoms with E-state index in [2.05, 4.69) is 32.6 Å². The van der Waals surface area contributed by atoms with Crippen molar-refractivity contribution in [3.05, 3.63) is 20.2 Å². The molecule has 0 aliphatic heterocycles. The Hall–Kier alpha value is 0.0600. The Morgan fingerprint density at radius 2 is 2.14 bits per heavy atom. The van der Waals surface area contributed by atoms with E-state index in [9.17, 15) is 0 Å². The van der Waals surface area contributed by atoms with Crippen molar-refractivity contribution in [1.29, 1.82) is 0 Å². The molecule has 1 unspecified atom stereocenters. The molecular formula is C9H12ClIN2O. The molecule has 0 saturated heterocycles.